The van der Waals surface area contributed by atoms with Crippen LogP contribution < -0.4 is 5.32 Å². The van der Waals surface area contributed by atoms with Gasteiger partial charge in [-0.2, -0.15) is 11.3 Å². The van der Waals surface area contributed by atoms with Gasteiger partial charge in [-0.15, -0.1) is 0 Å². The molecular weight excluding hydrogens is 274 g/mol. The molecule has 1 aromatic carbocycles. The molecule has 0 spiro atoms. The van der Waals surface area contributed by atoms with Gasteiger partial charge in [0.05, 0.1) is 0 Å². The van der Waals surface area contributed by atoms with Crippen LogP contribution in [0.15, 0.2) is 47.2 Å². The third-order valence-electron chi connectivity index (χ3n) is 4.64. The van der Waals surface area contributed by atoms with E-state index in [0.717, 1.165) is 12.3 Å². The van der Waals surface area contributed by atoms with Crippen LogP contribution >= 0.6 is 11.3 Å². The number of rotatable bonds is 5. The van der Waals surface area contributed by atoms with Gasteiger partial charge < -0.3 is 5.32 Å². The first-order chi connectivity index (χ1) is 10.3. The Labute approximate surface area is 132 Å². The Bertz CT molecular complexity index is 512. The van der Waals surface area contributed by atoms with Crippen LogP contribution in [-0.4, -0.2) is 12.1 Å². The summed E-state index contributed by atoms with van der Waals surface area (Å²) in [6, 6.07) is 14.6. The smallest absolute Gasteiger partial charge is 0.00820 e. The Morgan fingerprint density at radius 1 is 1.10 bits per heavy atom. The zero-order chi connectivity index (χ0) is 14.5. The Balaban J connectivity index is 1.45. The number of hydrogen-bond acceptors (Lipinski definition) is 2. The van der Waals surface area contributed by atoms with E-state index in [2.05, 4.69) is 59.4 Å². The van der Waals surface area contributed by atoms with E-state index >= 15 is 0 Å². The molecule has 2 heteroatoms. The van der Waals surface area contributed by atoms with E-state index in [9.17, 15) is 0 Å². The van der Waals surface area contributed by atoms with Crippen molar-refractivity contribution in [2.24, 2.45) is 0 Å². The van der Waals surface area contributed by atoms with Crippen LogP contribution in [0.25, 0.3) is 0 Å². The van der Waals surface area contributed by atoms with Gasteiger partial charge >= 0.3 is 0 Å². The molecule has 1 nitrogen and oxygen atoms in total. The van der Waals surface area contributed by atoms with Gasteiger partial charge in [-0.3, -0.25) is 0 Å². The SMILES string of the molecule is CC(Cc1ccsc1)NC1CCC(c2ccccc2)CC1. The summed E-state index contributed by atoms with van der Waals surface area (Å²) in [6.45, 7) is 2.32. The van der Waals surface area contributed by atoms with Gasteiger partial charge in [0.25, 0.3) is 0 Å². The molecule has 0 saturated heterocycles. The largest absolute Gasteiger partial charge is 0.311 e. The fourth-order valence-electron chi connectivity index (χ4n) is 3.54. The molecule has 0 radical (unpaired) electrons. The molecule has 1 aliphatic carbocycles. The van der Waals surface area contributed by atoms with Crippen LogP contribution in [0, 0.1) is 0 Å². The van der Waals surface area contributed by atoms with Crippen molar-refractivity contribution < 1.29 is 0 Å². The molecule has 0 amide bonds. The zero-order valence-corrected chi connectivity index (χ0v) is 13.6. The Kier molecular flexibility index (Phi) is 5.10. The molecule has 2 aromatic rings. The van der Waals surface area contributed by atoms with Crippen molar-refractivity contribution in [1.82, 2.24) is 5.32 Å². The second-order valence-corrected chi connectivity index (χ2v) is 7.14. The highest BCUT2D eigenvalue weighted by atomic mass is 32.1. The minimum Gasteiger partial charge on any atom is -0.311 e. The monoisotopic (exact) mass is 299 g/mol. The lowest BCUT2D eigenvalue weighted by atomic mass is 9.81. The number of thiophene rings is 1. The van der Waals surface area contributed by atoms with E-state index in [1.807, 2.05) is 0 Å². The van der Waals surface area contributed by atoms with Gasteiger partial charge in [-0.1, -0.05) is 30.3 Å². The topological polar surface area (TPSA) is 12.0 Å². The molecule has 0 aliphatic heterocycles. The predicted octanol–water partition coefficient (Wildman–Crippen LogP) is 5.00. The minimum absolute atomic E-state index is 0.581. The lowest BCUT2D eigenvalue weighted by molar-refractivity contribution is 0.319. The summed E-state index contributed by atoms with van der Waals surface area (Å²) in [4.78, 5) is 0. The van der Waals surface area contributed by atoms with Gasteiger partial charge in [0.15, 0.2) is 0 Å². The Morgan fingerprint density at radius 3 is 2.52 bits per heavy atom. The van der Waals surface area contributed by atoms with E-state index in [0.29, 0.717) is 12.1 Å². The van der Waals surface area contributed by atoms with Crippen LogP contribution in [0.2, 0.25) is 0 Å². The summed E-state index contributed by atoms with van der Waals surface area (Å²) in [5, 5.41) is 8.28. The fraction of sp³-hybridized carbons (Fsp3) is 0.474. The summed E-state index contributed by atoms with van der Waals surface area (Å²) in [5.74, 6) is 0.774. The van der Waals surface area contributed by atoms with Crippen LogP contribution in [0.3, 0.4) is 0 Å². The highest BCUT2D eigenvalue weighted by Gasteiger charge is 2.23. The first-order valence-electron chi connectivity index (χ1n) is 8.13. The normalized spacial score (nSPS) is 23.9. The van der Waals surface area contributed by atoms with Crippen molar-refractivity contribution >= 4 is 11.3 Å². The summed E-state index contributed by atoms with van der Waals surface area (Å²) in [6.07, 6.45) is 6.43. The fourth-order valence-corrected chi connectivity index (χ4v) is 4.22. The molecule has 1 aliphatic rings. The molecule has 0 bridgehead atoms. The first kappa shape index (κ1) is 14.8. The summed E-state index contributed by atoms with van der Waals surface area (Å²) in [5.41, 5.74) is 3.00. The molecule has 1 fully saturated rings. The van der Waals surface area contributed by atoms with Crippen molar-refractivity contribution in [3.8, 4) is 0 Å². The molecular formula is C19H25NS. The minimum atomic E-state index is 0.581. The van der Waals surface area contributed by atoms with Gasteiger partial charge in [0.1, 0.15) is 0 Å². The number of benzene rings is 1. The lowest BCUT2D eigenvalue weighted by Gasteiger charge is -2.31. The molecule has 112 valence electrons. The first-order valence-corrected chi connectivity index (χ1v) is 9.07. The third-order valence-corrected chi connectivity index (χ3v) is 5.37. The molecule has 1 unspecified atom stereocenters. The highest BCUT2D eigenvalue weighted by molar-refractivity contribution is 7.07. The second kappa shape index (κ2) is 7.24. The summed E-state index contributed by atoms with van der Waals surface area (Å²) < 4.78 is 0. The van der Waals surface area contributed by atoms with Crippen molar-refractivity contribution in [3.63, 3.8) is 0 Å². The van der Waals surface area contributed by atoms with Gasteiger partial charge in [0, 0.05) is 12.1 Å². The molecule has 3 rings (SSSR count). The second-order valence-electron chi connectivity index (χ2n) is 6.36. The van der Waals surface area contributed by atoms with Crippen molar-refractivity contribution in [3.05, 3.63) is 58.3 Å². The average Bonchev–Trinajstić information content (AvgIpc) is 3.02. The highest BCUT2D eigenvalue weighted by Crippen LogP contribution is 2.32. The maximum atomic E-state index is 3.83. The van der Waals surface area contributed by atoms with E-state index in [1.165, 1.54) is 36.8 Å². The van der Waals surface area contributed by atoms with Gasteiger partial charge in [0.2, 0.25) is 0 Å². The van der Waals surface area contributed by atoms with Gasteiger partial charge in [-0.05, 0) is 72.9 Å². The lowest BCUT2D eigenvalue weighted by Crippen LogP contribution is -2.39. The molecule has 1 aromatic heterocycles. The average molecular weight is 299 g/mol. The predicted molar refractivity (Wildman–Crippen MR) is 92.1 cm³/mol. The number of hydrogen-bond donors (Lipinski definition) is 1. The molecule has 1 N–H and O–H groups in total. The van der Waals surface area contributed by atoms with Crippen molar-refractivity contribution in [1.29, 1.82) is 0 Å². The van der Waals surface area contributed by atoms with Crippen LogP contribution in [0.5, 0.6) is 0 Å². The molecule has 1 heterocycles. The molecule has 1 saturated carbocycles. The zero-order valence-electron chi connectivity index (χ0n) is 12.8. The molecule has 1 atom stereocenters. The van der Waals surface area contributed by atoms with Crippen LogP contribution in [0.4, 0.5) is 0 Å². The number of nitrogens with one attached hydrogen (secondary N) is 1. The summed E-state index contributed by atoms with van der Waals surface area (Å²) in [7, 11) is 0. The van der Waals surface area contributed by atoms with Gasteiger partial charge in [-0.25, -0.2) is 0 Å². The van der Waals surface area contributed by atoms with Crippen LogP contribution in [0.1, 0.15) is 49.7 Å². The van der Waals surface area contributed by atoms with E-state index in [4.69, 9.17) is 0 Å². The maximum absolute atomic E-state index is 3.83. The third kappa shape index (κ3) is 4.18. The standard InChI is InChI=1S/C19H25NS/c1-15(13-16-11-12-21-14-16)20-19-9-7-18(8-10-19)17-5-3-2-4-6-17/h2-6,11-12,14-15,18-20H,7-10,13H2,1H3. The van der Waals surface area contributed by atoms with E-state index < -0.39 is 0 Å². The quantitative estimate of drug-likeness (QED) is 0.819. The Hall–Kier alpha value is -1.12. The van der Waals surface area contributed by atoms with E-state index in [-0.39, 0.29) is 0 Å². The molecule has 21 heavy (non-hydrogen) atoms. The van der Waals surface area contributed by atoms with Crippen LogP contribution in [-0.2, 0) is 6.42 Å². The van der Waals surface area contributed by atoms with Crippen molar-refractivity contribution in [2.75, 3.05) is 0 Å². The van der Waals surface area contributed by atoms with Crippen molar-refractivity contribution in [2.45, 2.75) is 57.0 Å². The summed E-state index contributed by atoms with van der Waals surface area (Å²) >= 11 is 1.80. The Morgan fingerprint density at radius 2 is 1.86 bits per heavy atom. The van der Waals surface area contributed by atoms with E-state index in [1.54, 1.807) is 11.3 Å². The maximum Gasteiger partial charge on any atom is 0.00820 e.